The number of fused-ring (bicyclic) bond motifs is 2. The van der Waals surface area contributed by atoms with Crippen LogP contribution in [0.4, 0.5) is 0 Å². The Labute approximate surface area is 136 Å². The van der Waals surface area contributed by atoms with Crippen LogP contribution in [-0.4, -0.2) is 54.3 Å². The topological polar surface area (TPSA) is 132 Å². The summed E-state index contributed by atoms with van der Waals surface area (Å²) in [6.45, 7) is 2.60. The van der Waals surface area contributed by atoms with E-state index in [1.807, 2.05) is 0 Å². The molecular weight excluding hydrogens is 343 g/mol. The molecule has 2 aliphatic rings. The zero-order valence-electron chi connectivity index (χ0n) is 13.4. The third-order valence-electron chi connectivity index (χ3n) is 4.09. The number of nitrogens with zero attached hydrogens (tertiary/aromatic N) is 1. The summed E-state index contributed by atoms with van der Waals surface area (Å²) in [7, 11) is -2.63. The van der Waals surface area contributed by atoms with Crippen LogP contribution >= 0.6 is 7.60 Å². The summed E-state index contributed by atoms with van der Waals surface area (Å²) in [4.78, 5) is 37.4. The predicted octanol–water partition coefficient (Wildman–Crippen LogP) is -1.27. The van der Waals surface area contributed by atoms with Gasteiger partial charge in [0.25, 0.3) is 5.56 Å². The van der Waals surface area contributed by atoms with Crippen LogP contribution in [0.2, 0.25) is 0 Å². The molecule has 2 saturated heterocycles. The van der Waals surface area contributed by atoms with Crippen LogP contribution in [0.3, 0.4) is 0 Å². The first-order valence-electron chi connectivity index (χ1n) is 7.24. The fourth-order valence-electron chi connectivity index (χ4n) is 3.10. The van der Waals surface area contributed by atoms with Gasteiger partial charge in [-0.15, -0.1) is 0 Å². The minimum Gasteiger partial charge on any atom is -0.779 e. The van der Waals surface area contributed by atoms with Crippen LogP contribution in [0.1, 0.15) is 11.8 Å². The number of aryl methyl sites for hydroxylation is 1. The average Bonchev–Trinajstić information content (AvgIpc) is 2.93. The Morgan fingerprint density at radius 3 is 2.88 bits per heavy atom. The molecule has 134 valence electrons. The summed E-state index contributed by atoms with van der Waals surface area (Å²) in [5.74, 6) is 0. The molecule has 1 aromatic rings. The Balaban J connectivity index is 2.01. The van der Waals surface area contributed by atoms with E-state index in [0.717, 1.165) is 6.66 Å². The van der Waals surface area contributed by atoms with E-state index in [0.29, 0.717) is 5.56 Å². The normalized spacial score (nSPS) is 34.4. The van der Waals surface area contributed by atoms with Crippen molar-refractivity contribution in [3.8, 4) is 0 Å². The molecule has 0 aliphatic carbocycles. The summed E-state index contributed by atoms with van der Waals surface area (Å²) in [5.41, 5.74) is -2.02. The maximum Gasteiger partial charge on any atom is 0.330 e. The Bertz CT molecular complexity index is 798. The number of H-pyrrole nitrogens is 1. The smallest absolute Gasteiger partial charge is 0.330 e. The second kappa shape index (κ2) is 5.91. The Morgan fingerprint density at radius 1 is 1.54 bits per heavy atom. The van der Waals surface area contributed by atoms with Crippen molar-refractivity contribution in [2.75, 3.05) is 27.0 Å². The van der Waals surface area contributed by atoms with Gasteiger partial charge in [-0.1, -0.05) is 0 Å². The fraction of sp³-hybridized carbons (Fsp3) is 0.692. The van der Waals surface area contributed by atoms with Crippen molar-refractivity contribution >= 4 is 7.60 Å². The van der Waals surface area contributed by atoms with Gasteiger partial charge in [0, 0.05) is 25.5 Å². The summed E-state index contributed by atoms with van der Waals surface area (Å²) < 4.78 is 34.6. The summed E-state index contributed by atoms with van der Waals surface area (Å²) in [6.07, 6.45) is -1.37. The third-order valence-corrected chi connectivity index (χ3v) is 4.70. The van der Waals surface area contributed by atoms with Crippen LogP contribution < -0.4 is 16.1 Å². The second-order valence-electron chi connectivity index (χ2n) is 6.06. The van der Waals surface area contributed by atoms with Crippen molar-refractivity contribution in [2.24, 2.45) is 0 Å². The minimum absolute atomic E-state index is 0.0295. The second-order valence-corrected chi connectivity index (χ2v) is 7.81. The molecule has 0 radical (unpaired) electrons. The number of methoxy groups -OCH3 is 1. The largest absolute Gasteiger partial charge is 0.779 e. The number of nitrogens with one attached hydrogen (secondary N) is 1. The van der Waals surface area contributed by atoms with Crippen molar-refractivity contribution in [1.29, 1.82) is 0 Å². The van der Waals surface area contributed by atoms with Gasteiger partial charge in [-0.05, 0) is 6.92 Å². The SMILES string of the molecule is COC[C@]12COC([C@H](n3cc(C)c(=O)[nH]c3=O)O1)[C@@H]2OP(C)(=O)[O-]. The van der Waals surface area contributed by atoms with Gasteiger partial charge in [0.2, 0.25) is 0 Å². The highest BCUT2D eigenvalue weighted by Crippen LogP contribution is 2.51. The molecule has 0 amide bonds. The molecule has 2 aliphatic heterocycles. The van der Waals surface area contributed by atoms with Crippen LogP contribution in [0.5, 0.6) is 0 Å². The molecule has 2 fully saturated rings. The van der Waals surface area contributed by atoms with E-state index in [-0.39, 0.29) is 13.2 Å². The zero-order valence-corrected chi connectivity index (χ0v) is 14.3. The van der Waals surface area contributed by atoms with Gasteiger partial charge in [0.05, 0.1) is 13.2 Å². The number of rotatable bonds is 5. The van der Waals surface area contributed by atoms with E-state index in [4.69, 9.17) is 18.7 Å². The molecule has 2 bridgehead atoms. The van der Waals surface area contributed by atoms with Crippen LogP contribution in [0.25, 0.3) is 0 Å². The highest BCUT2D eigenvalue weighted by atomic mass is 31.2. The molecule has 1 N–H and O–H groups in total. The molecule has 24 heavy (non-hydrogen) atoms. The summed E-state index contributed by atoms with van der Waals surface area (Å²) in [6, 6.07) is 0. The monoisotopic (exact) mass is 361 g/mol. The van der Waals surface area contributed by atoms with Crippen LogP contribution in [0.15, 0.2) is 15.8 Å². The lowest BCUT2D eigenvalue weighted by Crippen LogP contribution is -2.46. The Kier molecular flexibility index (Phi) is 4.31. The number of aromatic amines is 1. The summed E-state index contributed by atoms with van der Waals surface area (Å²) in [5, 5.41) is 0. The average molecular weight is 361 g/mol. The standard InChI is InChI=1S/C13H19N2O8P/c1-7-4-15(12(17)14-10(7)16)11-8-9(23-24(3,18)19)13(22-11,5-20-2)6-21-8/h4,8-9,11H,5-6H2,1-3H3,(H,18,19)(H,14,16,17)/p-1/t8?,9-,11+,13+/m0/s1. The van der Waals surface area contributed by atoms with Crippen molar-refractivity contribution in [3.63, 3.8) is 0 Å². The van der Waals surface area contributed by atoms with Crippen LogP contribution in [-0.2, 0) is 23.3 Å². The molecule has 0 spiro atoms. The molecule has 0 saturated carbocycles. The number of ether oxygens (including phenoxy) is 3. The van der Waals surface area contributed by atoms with Crippen LogP contribution in [0, 0.1) is 6.92 Å². The van der Waals surface area contributed by atoms with Gasteiger partial charge in [0.15, 0.2) is 6.23 Å². The first-order chi connectivity index (χ1) is 11.2. The molecule has 3 rings (SSSR count). The molecule has 1 aromatic heterocycles. The zero-order chi connectivity index (χ0) is 17.7. The van der Waals surface area contributed by atoms with Gasteiger partial charge in [0.1, 0.15) is 25.4 Å². The van der Waals surface area contributed by atoms with E-state index in [9.17, 15) is 19.0 Å². The maximum atomic E-state index is 12.1. The quantitative estimate of drug-likeness (QED) is 0.642. The Hall–Kier alpha value is -1.29. The lowest BCUT2D eigenvalue weighted by molar-refractivity contribution is -0.208. The highest BCUT2D eigenvalue weighted by molar-refractivity contribution is 7.50. The van der Waals surface area contributed by atoms with Gasteiger partial charge >= 0.3 is 5.69 Å². The molecule has 3 heterocycles. The molecule has 2 unspecified atom stereocenters. The van der Waals surface area contributed by atoms with Crippen molar-refractivity contribution in [1.82, 2.24) is 9.55 Å². The number of hydrogen-bond donors (Lipinski definition) is 1. The molecule has 5 atom stereocenters. The molecule has 10 nitrogen and oxygen atoms in total. The molecule has 0 aromatic carbocycles. The lowest BCUT2D eigenvalue weighted by Gasteiger charge is -2.32. The van der Waals surface area contributed by atoms with Crippen molar-refractivity contribution in [3.05, 3.63) is 32.6 Å². The van der Waals surface area contributed by atoms with Gasteiger partial charge in [-0.25, -0.2) is 4.79 Å². The van der Waals surface area contributed by atoms with Crippen molar-refractivity contribution < 1.29 is 28.2 Å². The Morgan fingerprint density at radius 2 is 2.25 bits per heavy atom. The first-order valence-corrected chi connectivity index (χ1v) is 9.23. The highest BCUT2D eigenvalue weighted by Gasteiger charge is 2.63. The van der Waals surface area contributed by atoms with Gasteiger partial charge in [-0.2, -0.15) is 0 Å². The van der Waals surface area contributed by atoms with E-state index >= 15 is 0 Å². The first kappa shape index (κ1) is 17.5. The van der Waals surface area contributed by atoms with Gasteiger partial charge in [-0.3, -0.25) is 14.3 Å². The van der Waals surface area contributed by atoms with E-state index in [1.54, 1.807) is 6.92 Å². The minimum atomic E-state index is -4.07. The maximum absolute atomic E-state index is 12.1. The fourth-order valence-corrected chi connectivity index (χ4v) is 3.83. The third kappa shape index (κ3) is 2.90. The van der Waals surface area contributed by atoms with E-state index in [2.05, 4.69) is 4.98 Å². The molecular formula is C13H18N2O8P-. The number of aromatic nitrogens is 2. The van der Waals surface area contributed by atoms with E-state index < -0.39 is 42.9 Å². The lowest BCUT2D eigenvalue weighted by atomic mass is 10.0. The molecule has 11 heteroatoms. The van der Waals surface area contributed by atoms with E-state index in [1.165, 1.54) is 17.9 Å². The van der Waals surface area contributed by atoms with Gasteiger partial charge < -0.3 is 28.2 Å². The summed E-state index contributed by atoms with van der Waals surface area (Å²) >= 11 is 0. The number of hydrogen-bond acceptors (Lipinski definition) is 8. The predicted molar refractivity (Wildman–Crippen MR) is 78.9 cm³/mol. The van der Waals surface area contributed by atoms with Crippen molar-refractivity contribution in [2.45, 2.75) is 31.0 Å².